The first kappa shape index (κ1) is 33.1. The number of rotatable bonds is 15. The van der Waals surface area contributed by atoms with Crippen molar-refractivity contribution in [3.05, 3.63) is 72.3 Å². The maximum Gasteiger partial charge on any atom is 0.264 e. The number of nitrogens with zero attached hydrogens (tertiary/aromatic N) is 2. The fraction of sp³-hybridized carbons (Fsp3) is 0.355. The molecule has 0 saturated heterocycles. The van der Waals surface area contributed by atoms with Crippen LogP contribution in [0.3, 0.4) is 0 Å². The van der Waals surface area contributed by atoms with Gasteiger partial charge in [0, 0.05) is 19.7 Å². The molecule has 43 heavy (non-hydrogen) atoms. The first-order chi connectivity index (χ1) is 20.6. The number of likely N-dealkylation sites (N-methyl/N-ethyl adjacent to an activating group) is 1. The van der Waals surface area contributed by atoms with Crippen LogP contribution in [0.1, 0.15) is 25.8 Å². The minimum Gasteiger partial charge on any atom is -0.497 e. The number of nitrogens with one attached hydrogen (secondary N) is 1. The lowest BCUT2D eigenvalue weighted by atomic mass is 10.1. The lowest BCUT2D eigenvalue weighted by Crippen LogP contribution is -2.51. The molecule has 12 heteroatoms. The van der Waals surface area contributed by atoms with Gasteiger partial charge in [0.2, 0.25) is 11.8 Å². The summed E-state index contributed by atoms with van der Waals surface area (Å²) in [7, 11) is 1.59. The Kier molecular flexibility index (Phi) is 11.6. The largest absolute Gasteiger partial charge is 0.497 e. The van der Waals surface area contributed by atoms with Gasteiger partial charge in [-0.25, -0.2) is 8.42 Å². The number of hydrogen-bond acceptors (Lipinski definition) is 8. The zero-order valence-corrected chi connectivity index (χ0v) is 26.1. The highest BCUT2D eigenvalue weighted by atomic mass is 32.2. The Morgan fingerprint density at radius 2 is 1.47 bits per heavy atom. The third-order valence-electron chi connectivity index (χ3n) is 6.80. The minimum atomic E-state index is -4.31. The van der Waals surface area contributed by atoms with Crippen LogP contribution in [0.5, 0.6) is 23.0 Å². The van der Waals surface area contributed by atoms with E-state index in [1.807, 2.05) is 6.92 Å². The number of amides is 2. The molecule has 11 nitrogen and oxygen atoms in total. The summed E-state index contributed by atoms with van der Waals surface area (Å²) in [5.41, 5.74) is 0.982. The highest BCUT2D eigenvalue weighted by Gasteiger charge is 2.34. The summed E-state index contributed by atoms with van der Waals surface area (Å²) in [4.78, 5) is 28.3. The van der Waals surface area contributed by atoms with Crippen molar-refractivity contribution in [2.45, 2.75) is 37.8 Å². The number of benzene rings is 3. The molecule has 3 rings (SSSR count). The van der Waals surface area contributed by atoms with Gasteiger partial charge in [-0.05, 0) is 67.4 Å². The monoisotopic (exact) mass is 613 g/mol. The summed E-state index contributed by atoms with van der Waals surface area (Å²) in [6, 6.07) is 16.9. The minimum absolute atomic E-state index is 0.0717. The van der Waals surface area contributed by atoms with Crippen molar-refractivity contribution in [1.29, 1.82) is 0 Å². The second kappa shape index (κ2) is 15.1. The maximum atomic E-state index is 14.2. The molecule has 3 aromatic carbocycles. The molecule has 0 heterocycles. The van der Waals surface area contributed by atoms with E-state index in [0.29, 0.717) is 30.3 Å². The van der Waals surface area contributed by atoms with Gasteiger partial charge in [-0.2, -0.15) is 0 Å². The Labute approximate surface area is 253 Å². The van der Waals surface area contributed by atoms with Gasteiger partial charge in [0.15, 0.2) is 11.5 Å². The first-order valence-corrected chi connectivity index (χ1v) is 15.2. The van der Waals surface area contributed by atoms with Crippen LogP contribution in [-0.4, -0.2) is 72.7 Å². The number of carbonyl (C=O) groups excluding carboxylic acids is 2. The molecule has 0 saturated carbocycles. The Hall–Kier alpha value is -4.45. The van der Waals surface area contributed by atoms with E-state index in [2.05, 4.69) is 5.32 Å². The summed E-state index contributed by atoms with van der Waals surface area (Å²) >= 11 is 0. The van der Waals surface area contributed by atoms with Crippen molar-refractivity contribution in [2.24, 2.45) is 0 Å². The van der Waals surface area contributed by atoms with E-state index in [-0.39, 0.29) is 28.8 Å². The highest BCUT2D eigenvalue weighted by Crippen LogP contribution is 2.33. The van der Waals surface area contributed by atoms with Crippen LogP contribution in [0.2, 0.25) is 0 Å². The molecular weight excluding hydrogens is 574 g/mol. The molecule has 0 aliphatic rings. The molecule has 0 radical (unpaired) electrons. The number of methoxy groups -OCH3 is 3. The van der Waals surface area contributed by atoms with Crippen molar-refractivity contribution in [1.82, 2.24) is 10.2 Å². The molecule has 2 amide bonds. The van der Waals surface area contributed by atoms with Crippen LogP contribution in [-0.2, 0) is 26.2 Å². The molecule has 0 aliphatic carbocycles. The molecule has 232 valence electrons. The number of sulfonamides is 1. The SMILES string of the molecule is CCOc1ccc(N(CC(=O)N(Cc2ccc(OC)cc2)C(CC)C(=O)NC)S(=O)(=O)c2ccc(OC)c(OC)c2)cc1. The number of carbonyl (C=O) groups is 2. The summed E-state index contributed by atoms with van der Waals surface area (Å²) < 4.78 is 50.7. The van der Waals surface area contributed by atoms with Crippen molar-refractivity contribution < 1.29 is 37.0 Å². The third-order valence-corrected chi connectivity index (χ3v) is 8.57. The summed E-state index contributed by atoms with van der Waals surface area (Å²) in [5, 5.41) is 2.61. The summed E-state index contributed by atoms with van der Waals surface area (Å²) in [6.45, 7) is 3.56. The van der Waals surface area contributed by atoms with Gasteiger partial charge in [-0.3, -0.25) is 13.9 Å². The molecule has 0 fully saturated rings. The van der Waals surface area contributed by atoms with Gasteiger partial charge in [0.25, 0.3) is 10.0 Å². The number of ether oxygens (including phenoxy) is 4. The van der Waals surface area contributed by atoms with Gasteiger partial charge in [0.05, 0.1) is 38.5 Å². The van der Waals surface area contributed by atoms with Crippen molar-refractivity contribution in [3.63, 3.8) is 0 Å². The lowest BCUT2D eigenvalue weighted by molar-refractivity contribution is -0.140. The van der Waals surface area contributed by atoms with Gasteiger partial charge >= 0.3 is 0 Å². The zero-order chi connectivity index (χ0) is 31.6. The highest BCUT2D eigenvalue weighted by molar-refractivity contribution is 7.92. The van der Waals surface area contributed by atoms with E-state index >= 15 is 0 Å². The predicted molar refractivity (Wildman–Crippen MR) is 163 cm³/mol. The molecular formula is C31H39N3O8S. The first-order valence-electron chi connectivity index (χ1n) is 13.7. The van der Waals surface area contributed by atoms with Crippen LogP contribution >= 0.6 is 0 Å². The Balaban J connectivity index is 2.09. The Bertz CT molecular complexity index is 1480. The van der Waals surface area contributed by atoms with Crippen molar-refractivity contribution in [3.8, 4) is 23.0 Å². The second-order valence-corrected chi connectivity index (χ2v) is 11.2. The molecule has 3 aromatic rings. The number of anilines is 1. The molecule has 1 atom stereocenters. The molecule has 0 spiro atoms. The van der Waals surface area contributed by atoms with Crippen molar-refractivity contribution in [2.75, 3.05) is 45.8 Å². The molecule has 1 N–H and O–H groups in total. The van der Waals surface area contributed by atoms with Gasteiger partial charge in [-0.15, -0.1) is 0 Å². The smallest absolute Gasteiger partial charge is 0.264 e. The van der Waals surface area contributed by atoms with E-state index < -0.39 is 28.5 Å². The Morgan fingerprint density at radius 1 is 0.837 bits per heavy atom. The third kappa shape index (κ3) is 7.89. The van der Waals surface area contributed by atoms with Crippen LogP contribution in [0, 0.1) is 0 Å². The van der Waals surface area contributed by atoms with Gasteiger partial charge < -0.3 is 29.2 Å². The summed E-state index contributed by atoms with van der Waals surface area (Å²) in [6.07, 6.45) is 0.313. The quantitative estimate of drug-likeness (QED) is 0.274. The van der Waals surface area contributed by atoms with Gasteiger partial charge in [0.1, 0.15) is 24.1 Å². The molecule has 0 bridgehead atoms. The van der Waals surface area contributed by atoms with Crippen molar-refractivity contribution >= 4 is 27.5 Å². The predicted octanol–water partition coefficient (Wildman–Crippen LogP) is 3.86. The maximum absolute atomic E-state index is 14.2. The van der Waals surface area contributed by atoms with E-state index in [1.165, 1.54) is 44.4 Å². The van der Waals surface area contributed by atoms with Crippen LogP contribution in [0.4, 0.5) is 5.69 Å². The molecule has 0 aliphatic heterocycles. The number of hydrogen-bond donors (Lipinski definition) is 1. The lowest BCUT2D eigenvalue weighted by Gasteiger charge is -2.33. The average Bonchev–Trinajstić information content (AvgIpc) is 3.03. The van der Waals surface area contributed by atoms with E-state index in [4.69, 9.17) is 18.9 Å². The standard InChI is InChI=1S/C31H39N3O8S/c1-7-27(31(36)32-3)33(20-22-9-13-24(39-4)14-10-22)30(35)21-34(23-11-15-25(16-12-23)42-8-2)43(37,38)26-17-18-28(40-5)29(19-26)41-6/h9-19,27H,7-8,20-21H2,1-6H3,(H,32,36). The second-order valence-electron chi connectivity index (χ2n) is 9.36. The van der Waals surface area contributed by atoms with E-state index in [0.717, 1.165) is 9.87 Å². The molecule has 0 aromatic heterocycles. The van der Waals surface area contributed by atoms with Crippen LogP contribution in [0.25, 0.3) is 0 Å². The van der Waals surface area contributed by atoms with Crippen LogP contribution < -0.4 is 28.6 Å². The fourth-order valence-electron chi connectivity index (χ4n) is 4.52. The topological polar surface area (TPSA) is 124 Å². The molecule has 1 unspecified atom stereocenters. The van der Waals surface area contributed by atoms with E-state index in [1.54, 1.807) is 62.6 Å². The average molecular weight is 614 g/mol. The van der Waals surface area contributed by atoms with Gasteiger partial charge in [-0.1, -0.05) is 19.1 Å². The Morgan fingerprint density at radius 3 is 2.00 bits per heavy atom. The normalized spacial score (nSPS) is 11.7. The zero-order valence-electron chi connectivity index (χ0n) is 25.3. The summed E-state index contributed by atoms with van der Waals surface area (Å²) in [5.74, 6) is 0.833. The fourth-order valence-corrected chi connectivity index (χ4v) is 5.95. The van der Waals surface area contributed by atoms with Crippen LogP contribution in [0.15, 0.2) is 71.6 Å². The van der Waals surface area contributed by atoms with E-state index in [9.17, 15) is 18.0 Å².